The van der Waals surface area contributed by atoms with Gasteiger partial charge in [-0.25, -0.2) is 9.18 Å². The zero-order chi connectivity index (χ0) is 13.0. The van der Waals surface area contributed by atoms with Crippen LogP contribution < -0.4 is 11.0 Å². The summed E-state index contributed by atoms with van der Waals surface area (Å²) >= 11 is 0. The van der Waals surface area contributed by atoms with E-state index in [2.05, 4.69) is 5.32 Å². The van der Waals surface area contributed by atoms with E-state index in [0.29, 0.717) is 25.3 Å². The van der Waals surface area contributed by atoms with Crippen molar-refractivity contribution in [3.05, 3.63) is 53.0 Å². The van der Waals surface area contributed by atoms with Gasteiger partial charge in [-0.2, -0.15) is 0 Å². The summed E-state index contributed by atoms with van der Waals surface area (Å²) in [5, 5.41) is 2.97. The molecule has 0 radical (unpaired) electrons. The predicted molar refractivity (Wildman–Crippen MR) is 69.3 cm³/mol. The Hall–Kier alpha value is -2.04. The Bertz CT molecular complexity index is 574. The van der Waals surface area contributed by atoms with Crippen LogP contribution in [0.25, 0.3) is 0 Å². The first-order chi connectivity index (χ1) is 8.72. The fraction of sp³-hybridized carbons (Fsp3) is 0.308. The molecule has 4 nitrogen and oxygen atoms in total. The molecule has 0 saturated carbocycles. The van der Waals surface area contributed by atoms with Crippen LogP contribution in [-0.2, 0) is 13.1 Å². The van der Waals surface area contributed by atoms with Crippen molar-refractivity contribution in [2.24, 2.45) is 0 Å². The molecule has 96 valence electrons. The van der Waals surface area contributed by atoms with Crippen LogP contribution in [0.15, 0.2) is 41.5 Å². The Balaban J connectivity index is 1.95. The third-order valence-electron chi connectivity index (χ3n) is 2.80. The first-order valence-electron chi connectivity index (χ1n) is 5.96. The topological polar surface area (TPSA) is 39.0 Å². The summed E-state index contributed by atoms with van der Waals surface area (Å²) in [7, 11) is 0. The number of hydrogen-bond acceptors (Lipinski definition) is 2. The van der Waals surface area contributed by atoms with Crippen molar-refractivity contribution >= 4 is 5.69 Å². The highest BCUT2D eigenvalue weighted by atomic mass is 19.1. The molecule has 0 saturated heterocycles. The first kappa shape index (κ1) is 12.4. The van der Waals surface area contributed by atoms with Crippen molar-refractivity contribution in [1.82, 2.24) is 9.13 Å². The second kappa shape index (κ2) is 5.53. The first-order valence-corrected chi connectivity index (χ1v) is 5.96. The van der Waals surface area contributed by atoms with Crippen LogP contribution in [0.2, 0.25) is 0 Å². The molecule has 1 aromatic carbocycles. The molecule has 0 aliphatic heterocycles. The van der Waals surface area contributed by atoms with Crippen LogP contribution in [0.4, 0.5) is 10.1 Å². The lowest BCUT2D eigenvalue weighted by Crippen LogP contribution is -2.26. The number of rotatable bonds is 5. The number of nitrogens with zero attached hydrogens (tertiary/aromatic N) is 2. The summed E-state index contributed by atoms with van der Waals surface area (Å²) in [6, 6.07) is 6.49. The van der Waals surface area contributed by atoms with Crippen LogP contribution in [0, 0.1) is 5.82 Å². The Morgan fingerprint density at radius 1 is 1.22 bits per heavy atom. The minimum Gasteiger partial charge on any atom is -0.381 e. The third-order valence-corrected chi connectivity index (χ3v) is 2.80. The lowest BCUT2D eigenvalue weighted by molar-refractivity contribution is 0.622. The van der Waals surface area contributed by atoms with Gasteiger partial charge in [-0.05, 0) is 19.1 Å². The molecule has 1 aromatic heterocycles. The Kier molecular flexibility index (Phi) is 3.82. The summed E-state index contributed by atoms with van der Waals surface area (Å²) in [5.74, 6) is -0.282. The number of aromatic nitrogens is 2. The maximum Gasteiger partial charge on any atom is 0.328 e. The van der Waals surface area contributed by atoms with Crippen molar-refractivity contribution in [1.29, 1.82) is 0 Å². The summed E-state index contributed by atoms with van der Waals surface area (Å²) < 4.78 is 16.6. The van der Waals surface area contributed by atoms with Crippen LogP contribution in [-0.4, -0.2) is 15.7 Å². The van der Waals surface area contributed by atoms with Crippen molar-refractivity contribution in [2.45, 2.75) is 20.0 Å². The van der Waals surface area contributed by atoms with Crippen LogP contribution >= 0.6 is 0 Å². The predicted octanol–water partition coefficient (Wildman–Crippen LogP) is 1.92. The van der Waals surface area contributed by atoms with Gasteiger partial charge in [-0.15, -0.1) is 0 Å². The summed E-state index contributed by atoms with van der Waals surface area (Å²) in [6.07, 6.45) is 3.50. The number of para-hydroxylation sites is 1. The van der Waals surface area contributed by atoms with Crippen molar-refractivity contribution in [2.75, 3.05) is 11.9 Å². The molecule has 2 aromatic rings. The summed E-state index contributed by atoms with van der Waals surface area (Å²) in [4.78, 5) is 11.7. The standard InChI is InChI=1S/C13H16FN3O/c1-2-16-9-10-17(13(16)18)8-7-15-12-6-4-3-5-11(12)14/h3-6,9-10,15H,2,7-8H2,1H3. The largest absolute Gasteiger partial charge is 0.381 e. The van der Waals surface area contributed by atoms with Gasteiger partial charge in [0.1, 0.15) is 5.82 Å². The van der Waals surface area contributed by atoms with Crippen molar-refractivity contribution in [3.8, 4) is 0 Å². The number of aryl methyl sites for hydroxylation is 1. The smallest absolute Gasteiger partial charge is 0.328 e. The molecule has 0 spiro atoms. The maximum atomic E-state index is 13.3. The monoisotopic (exact) mass is 249 g/mol. The van der Waals surface area contributed by atoms with E-state index < -0.39 is 0 Å². The van der Waals surface area contributed by atoms with Gasteiger partial charge in [0.05, 0.1) is 5.69 Å². The molecule has 0 unspecified atom stereocenters. The molecule has 0 amide bonds. The Morgan fingerprint density at radius 2 is 1.94 bits per heavy atom. The summed E-state index contributed by atoms with van der Waals surface area (Å²) in [5.41, 5.74) is 0.424. The van der Waals surface area contributed by atoms with Crippen LogP contribution in [0.3, 0.4) is 0 Å². The molecule has 2 rings (SSSR count). The molecule has 5 heteroatoms. The zero-order valence-electron chi connectivity index (χ0n) is 10.3. The average Bonchev–Trinajstić information content (AvgIpc) is 2.73. The molecular weight excluding hydrogens is 233 g/mol. The Morgan fingerprint density at radius 3 is 2.61 bits per heavy atom. The van der Waals surface area contributed by atoms with Gasteiger partial charge in [0.25, 0.3) is 0 Å². The molecule has 1 heterocycles. The van der Waals surface area contributed by atoms with Gasteiger partial charge in [0, 0.05) is 32.0 Å². The lowest BCUT2D eigenvalue weighted by Gasteiger charge is -2.07. The molecule has 0 fully saturated rings. The van der Waals surface area contributed by atoms with E-state index in [-0.39, 0.29) is 11.5 Å². The van der Waals surface area contributed by atoms with E-state index in [9.17, 15) is 9.18 Å². The highest BCUT2D eigenvalue weighted by molar-refractivity contribution is 5.44. The number of nitrogens with one attached hydrogen (secondary N) is 1. The van der Waals surface area contributed by atoms with Crippen molar-refractivity contribution < 1.29 is 4.39 Å². The zero-order valence-corrected chi connectivity index (χ0v) is 10.3. The number of imidazole rings is 1. The van der Waals surface area contributed by atoms with Crippen LogP contribution in [0.5, 0.6) is 0 Å². The van der Waals surface area contributed by atoms with Gasteiger partial charge >= 0.3 is 5.69 Å². The molecular formula is C13H16FN3O. The highest BCUT2D eigenvalue weighted by Gasteiger charge is 2.02. The fourth-order valence-electron chi connectivity index (χ4n) is 1.78. The number of hydrogen-bond donors (Lipinski definition) is 1. The van der Waals surface area contributed by atoms with E-state index in [0.717, 1.165) is 0 Å². The second-order valence-electron chi connectivity index (χ2n) is 3.97. The average molecular weight is 249 g/mol. The minimum absolute atomic E-state index is 0.0344. The maximum absolute atomic E-state index is 13.3. The third kappa shape index (κ3) is 2.61. The quantitative estimate of drug-likeness (QED) is 0.879. The number of halogens is 1. The molecule has 1 N–H and O–H groups in total. The van der Waals surface area contributed by atoms with Gasteiger partial charge in [-0.3, -0.25) is 9.13 Å². The molecule has 0 aliphatic rings. The van der Waals surface area contributed by atoms with Gasteiger partial charge in [0.15, 0.2) is 0 Å². The van der Waals surface area contributed by atoms with E-state index in [1.54, 1.807) is 39.7 Å². The van der Waals surface area contributed by atoms with E-state index in [1.807, 2.05) is 6.92 Å². The van der Waals surface area contributed by atoms with Gasteiger partial charge < -0.3 is 5.32 Å². The van der Waals surface area contributed by atoms with E-state index in [1.165, 1.54) is 6.07 Å². The molecule has 0 aliphatic carbocycles. The lowest BCUT2D eigenvalue weighted by atomic mass is 10.3. The SMILES string of the molecule is CCn1ccn(CCNc2ccccc2F)c1=O. The number of anilines is 1. The Labute approximate surface area is 105 Å². The fourth-order valence-corrected chi connectivity index (χ4v) is 1.78. The highest BCUT2D eigenvalue weighted by Crippen LogP contribution is 2.11. The van der Waals surface area contributed by atoms with Gasteiger partial charge in [0.2, 0.25) is 0 Å². The van der Waals surface area contributed by atoms with Crippen molar-refractivity contribution in [3.63, 3.8) is 0 Å². The number of benzene rings is 1. The molecule has 0 bridgehead atoms. The molecule has 0 atom stereocenters. The normalized spacial score (nSPS) is 10.6. The molecule has 18 heavy (non-hydrogen) atoms. The van der Waals surface area contributed by atoms with Gasteiger partial charge in [-0.1, -0.05) is 12.1 Å². The van der Waals surface area contributed by atoms with E-state index >= 15 is 0 Å². The van der Waals surface area contributed by atoms with Crippen LogP contribution in [0.1, 0.15) is 6.92 Å². The van der Waals surface area contributed by atoms with E-state index in [4.69, 9.17) is 0 Å². The summed E-state index contributed by atoms with van der Waals surface area (Å²) in [6.45, 7) is 3.60. The second-order valence-corrected chi connectivity index (χ2v) is 3.97. The minimum atomic E-state index is -0.282.